The molecule has 5 heteroatoms. The lowest BCUT2D eigenvalue weighted by Crippen LogP contribution is -2.10. The number of hydrogen-bond donors (Lipinski definition) is 0. The second-order valence-corrected chi connectivity index (χ2v) is 14.6. The molecule has 56 heavy (non-hydrogen) atoms. The largest absolute Gasteiger partial charge is 0.456 e. The minimum absolute atomic E-state index is 0.650. The van der Waals surface area contributed by atoms with Gasteiger partial charge in [-0.2, -0.15) is 0 Å². The molecule has 0 aliphatic heterocycles. The molecule has 11 aromatic rings. The molecule has 0 aliphatic carbocycles. The van der Waals surface area contributed by atoms with Gasteiger partial charge in [0, 0.05) is 74.0 Å². The van der Waals surface area contributed by atoms with Crippen molar-refractivity contribution in [2.24, 2.45) is 0 Å². The number of anilines is 6. The zero-order valence-electron chi connectivity index (χ0n) is 30.9. The first-order valence-corrected chi connectivity index (χ1v) is 18.9. The highest BCUT2D eigenvalue weighted by Crippen LogP contribution is 2.43. The summed E-state index contributed by atoms with van der Waals surface area (Å²) in [5, 5.41) is 9.06. The fourth-order valence-corrected chi connectivity index (χ4v) is 8.20. The van der Waals surface area contributed by atoms with E-state index in [4.69, 9.17) is 8.83 Å². The van der Waals surface area contributed by atoms with E-state index in [1.54, 1.807) is 6.20 Å². The van der Waals surface area contributed by atoms with Crippen molar-refractivity contribution in [1.82, 2.24) is 4.98 Å². The molecule has 0 spiro atoms. The number of nitrogens with zero attached hydrogens (tertiary/aromatic N) is 3. The van der Waals surface area contributed by atoms with Crippen LogP contribution in [-0.2, 0) is 0 Å². The molecule has 0 saturated heterocycles. The maximum atomic E-state index is 6.33. The smallest absolute Gasteiger partial charge is 0.227 e. The molecule has 11 rings (SSSR count). The van der Waals surface area contributed by atoms with Gasteiger partial charge >= 0.3 is 0 Å². The van der Waals surface area contributed by atoms with Crippen LogP contribution in [0.2, 0.25) is 0 Å². The predicted octanol–water partition coefficient (Wildman–Crippen LogP) is 14.7. The molecule has 0 fully saturated rings. The van der Waals surface area contributed by atoms with Crippen LogP contribution in [0.4, 0.5) is 34.1 Å². The minimum Gasteiger partial charge on any atom is -0.456 e. The monoisotopic (exact) mass is 721 g/mol. The Labute approximate surface area is 323 Å². The van der Waals surface area contributed by atoms with Crippen molar-refractivity contribution in [3.8, 4) is 0 Å². The van der Waals surface area contributed by atoms with Crippen LogP contribution in [0, 0.1) is 13.8 Å². The summed E-state index contributed by atoms with van der Waals surface area (Å²) in [7, 11) is 0. The summed E-state index contributed by atoms with van der Waals surface area (Å²) in [4.78, 5) is 9.07. The van der Waals surface area contributed by atoms with Gasteiger partial charge in [0.1, 0.15) is 16.7 Å². The second-order valence-electron chi connectivity index (χ2n) is 14.6. The van der Waals surface area contributed by atoms with Crippen molar-refractivity contribution in [3.63, 3.8) is 0 Å². The van der Waals surface area contributed by atoms with Gasteiger partial charge in [-0.3, -0.25) is 0 Å². The summed E-state index contributed by atoms with van der Waals surface area (Å²) in [5.41, 5.74) is 12.0. The van der Waals surface area contributed by atoms with E-state index in [1.807, 2.05) is 18.2 Å². The number of furan rings is 2. The Bertz CT molecular complexity index is 3060. The van der Waals surface area contributed by atoms with Gasteiger partial charge in [-0.25, -0.2) is 4.98 Å². The number of hydrogen-bond acceptors (Lipinski definition) is 5. The average Bonchev–Trinajstić information content (AvgIpc) is 3.80. The van der Waals surface area contributed by atoms with Crippen LogP contribution in [0.1, 0.15) is 11.1 Å². The molecule has 0 saturated carbocycles. The lowest BCUT2D eigenvalue weighted by molar-refractivity contribution is 0.654. The number of aryl methyl sites for hydroxylation is 2. The van der Waals surface area contributed by atoms with Crippen LogP contribution < -0.4 is 9.80 Å². The average molecular weight is 722 g/mol. The zero-order chi connectivity index (χ0) is 37.3. The van der Waals surface area contributed by atoms with Crippen molar-refractivity contribution >= 4 is 99.7 Å². The van der Waals surface area contributed by atoms with Crippen LogP contribution in [0.5, 0.6) is 0 Å². The topological polar surface area (TPSA) is 45.7 Å². The third-order valence-electron chi connectivity index (χ3n) is 11.0. The molecular formula is C51H35N3O2. The van der Waals surface area contributed by atoms with Gasteiger partial charge in [0.05, 0.1) is 0 Å². The van der Waals surface area contributed by atoms with E-state index >= 15 is 0 Å². The Kier molecular flexibility index (Phi) is 7.23. The van der Waals surface area contributed by atoms with Crippen LogP contribution in [0.25, 0.3) is 65.6 Å². The van der Waals surface area contributed by atoms with Crippen molar-refractivity contribution < 1.29 is 8.83 Å². The third kappa shape index (κ3) is 5.28. The van der Waals surface area contributed by atoms with Gasteiger partial charge in [-0.05, 0) is 126 Å². The lowest BCUT2D eigenvalue weighted by Gasteiger charge is -2.26. The van der Waals surface area contributed by atoms with Crippen molar-refractivity contribution in [2.45, 2.75) is 13.8 Å². The second kappa shape index (κ2) is 12.6. The number of rotatable bonds is 6. The first kappa shape index (κ1) is 32.1. The number of aromatic nitrogens is 1. The number of fused-ring (bicyclic) bond motifs is 9. The standard InChI is InChI=1S/C51H35N3O2/c1-32-9-15-36(16-10-32)53(40-21-25-45-44-6-3-4-8-48(44)55-49(45)30-40)38-19-23-42-34(28-38)13-14-35-29-39(20-24-43(35)42)54(37-17-11-33(2)12-18-37)41-22-26-46-47-7-5-27-52-51(47)56-50(46)31-41/h3-31H,1-2H3. The molecule has 8 aromatic carbocycles. The number of pyridine rings is 1. The third-order valence-corrected chi connectivity index (χ3v) is 11.0. The molecule has 3 heterocycles. The molecule has 0 radical (unpaired) electrons. The van der Waals surface area contributed by atoms with E-state index < -0.39 is 0 Å². The van der Waals surface area contributed by atoms with Gasteiger partial charge in [0.25, 0.3) is 0 Å². The van der Waals surface area contributed by atoms with Gasteiger partial charge in [0.15, 0.2) is 0 Å². The van der Waals surface area contributed by atoms with E-state index in [1.165, 1.54) is 32.7 Å². The SMILES string of the molecule is Cc1ccc(N(c2ccc3c(ccc4cc(N(c5ccc(C)cc5)c5ccc6c(c5)oc5ncccc56)ccc43)c2)c2ccc3c(c2)oc2ccccc23)cc1. The van der Waals surface area contributed by atoms with Crippen molar-refractivity contribution in [2.75, 3.05) is 9.80 Å². The summed E-state index contributed by atoms with van der Waals surface area (Å²) >= 11 is 0. The molecule has 266 valence electrons. The molecule has 0 amide bonds. The van der Waals surface area contributed by atoms with Crippen molar-refractivity contribution in [3.05, 3.63) is 187 Å². The molecular weight excluding hydrogens is 687 g/mol. The van der Waals surface area contributed by atoms with Crippen LogP contribution >= 0.6 is 0 Å². The molecule has 0 bridgehead atoms. The number of benzene rings is 8. The Morgan fingerprint density at radius 2 is 0.804 bits per heavy atom. The molecule has 3 aromatic heterocycles. The van der Waals surface area contributed by atoms with E-state index in [0.717, 1.165) is 72.4 Å². The molecule has 5 nitrogen and oxygen atoms in total. The van der Waals surface area contributed by atoms with Crippen molar-refractivity contribution in [1.29, 1.82) is 0 Å². The normalized spacial score (nSPS) is 11.8. The van der Waals surface area contributed by atoms with Gasteiger partial charge < -0.3 is 18.6 Å². The Balaban J connectivity index is 1.02. The lowest BCUT2D eigenvalue weighted by atomic mass is 9.99. The fraction of sp³-hybridized carbons (Fsp3) is 0.0392. The molecule has 0 N–H and O–H groups in total. The summed E-state index contributed by atoms with van der Waals surface area (Å²) in [5.74, 6) is 0. The van der Waals surface area contributed by atoms with Gasteiger partial charge in [-0.15, -0.1) is 0 Å². The molecule has 0 unspecified atom stereocenters. The minimum atomic E-state index is 0.650. The maximum Gasteiger partial charge on any atom is 0.227 e. The van der Waals surface area contributed by atoms with E-state index in [-0.39, 0.29) is 0 Å². The Morgan fingerprint density at radius 3 is 1.39 bits per heavy atom. The van der Waals surface area contributed by atoms with E-state index in [2.05, 4.69) is 180 Å². The highest BCUT2D eigenvalue weighted by molar-refractivity contribution is 6.11. The summed E-state index contributed by atoms with van der Waals surface area (Å²) < 4.78 is 12.6. The summed E-state index contributed by atoms with van der Waals surface area (Å²) in [6.07, 6.45) is 1.77. The zero-order valence-corrected chi connectivity index (χ0v) is 30.9. The predicted molar refractivity (Wildman–Crippen MR) is 233 cm³/mol. The van der Waals surface area contributed by atoms with Crippen LogP contribution in [-0.4, -0.2) is 4.98 Å². The first-order chi connectivity index (χ1) is 27.5. The quantitative estimate of drug-likeness (QED) is 0.160. The number of para-hydroxylation sites is 1. The van der Waals surface area contributed by atoms with Gasteiger partial charge in [-0.1, -0.05) is 77.9 Å². The fourth-order valence-electron chi connectivity index (χ4n) is 8.20. The molecule has 0 aliphatic rings. The van der Waals surface area contributed by atoms with E-state index in [0.29, 0.717) is 5.71 Å². The van der Waals surface area contributed by atoms with Gasteiger partial charge in [0.2, 0.25) is 5.71 Å². The highest BCUT2D eigenvalue weighted by Gasteiger charge is 2.19. The first-order valence-electron chi connectivity index (χ1n) is 18.9. The highest BCUT2D eigenvalue weighted by atomic mass is 16.3. The Hall–Kier alpha value is -7.37. The van der Waals surface area contributed by atoms with E-state index in [9.17, 15) is 0 Å². The molecule has 0 atom stereocenters. The van der Waals surface area contributed by atoms with Crippen LogP contribution in [0.3, 0.4) is 0 Å². The summed E-state index contributed by atoms with van der Waals surface area (Å²) in [6.45, 7) is 4.24. The Morgan fingerprint density at radius 1 is 0.357 bits per heavy atom. The maximum absolute atomic E-state index is 6.33. The summed E-state index contributed by atoms with van der Waals surface area (Å²) in [6, 6.07) is 60.6. The van der Waals surface area contributed by atoms with Crippen LogP contribution in [0.15, 0.2) is 185 Å².